The predicted octanol–water partition coefficient (Wildman–Crippen LogP) is 3.52. The Morgan fingerprint density at radius 3 is 2.53 bits per heavy atom. The van der Waals surface area contributed by atoms with Gasteiger partial charge in [-0.2, -0.15) is 0 Å². The lowest BCUT2D eigenvalue weighted by molar-refractivity contribution is 0.189. The van der Waals surface area contributed by atoms with Crippen molar-refractivity contribution < 1.29 is 0 Å². The lowest BCUT2D eigenvalue weighted by Crippen LogP contribution is -2.35. The Kier molecular flexibility index (Phi) is 6.17. The van der Waals surface area contributed by atoms with E-state index in [2.05, 4.69) is 62.5 Å². The van der Waals surface area contributed by atoms with Crippen LogP contribution in [0.5, 0.6) is 0 Å². The van der Waals surface area contributed by atoms with Crippen molar-refractivity contribution >= 4 is 11.3 Å². The van der Waals surface area contributed by atoms with Gasteiger partial charge in [-0.3, -0.25) is 4.90 Å². The van der Waals surface area contributed by atoms with Gasteiger partial charge in [-0.05, 0) is 45.3 Å². The zero-order chi connectivity index (χ0) is 12.8. The summed E-state index contributed by atoms with van der Waals surface area (Å²) in [5, 5.41) is 5.64. The largest absolute Gasteiger partial charge is 0.314 e. The Morgan fingerprint density at radius 2 is 2.00 bits per heavy atom. The standard InChI is InChI=1S/C14H26N2S/c1-11(2)15-9-8-12(3)16(5)13(4)14-7-6-10-17-14/h6-7,10-13,15H,8-9H2,1-5H3. The van der Waals surface area contributed by atoms with Crippen molar-refractivity contribution in [2.45, 2.75) is 52.2 Å². The van der Waals surface area contributed by atoms with Crippen molar-refractivity contribution in [3.8, 4) is 0 Å². The molecule has 2 atom stereocenters. The third kappa shape index (κ3) is 4.78. The molecule has 0 spiro atoms. The van der Waals surface area contributed by atoms with Crippen LogP contribution in [0, 0.1) is 0 Å². The average molecular weight is 254 g/mol. The predicted molar refractivity (Wildman–Crippen MR) is 77.7 cm³/mol. The van der Waals surface area contributed by atoms with Crippen LogP contribution >= 0.6 is 11.3 Å². The summed E-state index contributed by atoms with van der Waals surface area (Å²) in [7, 11) is 2.23. The Balaban J connectivity index is 2.38. The Bertz CT molecular complexity index is 295. The molecule has 2 unspecified atom stereocenters. The van der Waals surface area contributed by atoms with Gasteiger partial charge in [-0.1, -0.05) is 19.9 Å². The maximum absolute atomic E-state index is 3.48. The van der Waals surface area contributed by atoms with Gasteiger partial charge in [0.15, 0.2) is 0 Å². The van der Waals surface area contributed by atoms with Gasteiger partial charge in [0.05, 0.1) is 0 Å². The van der Waals surface area contributed by atoms with Crippen LogP contribution in [0.2, 0.25) is 0 Å². The molecule has 1 aromatic rings. The van der Waals surface area contributed by atoms with Crippen molar-refractivity contribution in [1.82, 2.24) is 10.2 Å². The summed E-state index contributed by atoms with van der Waals surface area (Å²) in [6.07, 6.45) is 1.20. The number of hydrogen-bond donors (Lipinski definition) is 1. The first kappa shape index (κ1) is 14.7. The molecule has 1 N–H and O–H groups in total. The van der Waals surface area contributed by atoms with Crippen molar-refractivity contribution in [2.24, 2.45) is 0 Å². The Morgan fingerprint density at radius 1 is 1.29 bits per heavy atom. The second-order valence-corrected chi connectivity index (χ2v) is 6.08. The molecule has 98 valence electrons. The molecule has 0 aliphatic rings. The third-order valence-corrected chi connectivity index (χ3v) is 4.42. The Labute approximate surface area is 110 Å². The fourth-order valence-electron chi connectivity index (χ4n) is 1.90. The van der Waals surface area contributed by atoms with Crippen LogP contribution in [0.4, 0.5) is 0 Å². The summed E-state index contributed by atoms with van der Waals surface area (Å²) in [6.45, 7) is 10.1. The minimum atomic E-state index is 0.518. The highest BCUT2D eigenvalue weighted by atomic mass is 32.1. The molecule has 0 saturated carbocycles. The molecule has 0 saturated heterocycles. The van der Waals surface area contributed by atoms with Gasteiger partial charge in [-0.25, -0.2) is 0 Å². The van der Waals surface area contributed by atoms with E-state index in [-0.39, 0.29) is 0 Å². The highest BCUT2D eigenvalue weighted by Crippen LogP contribution is 2.25. The summed E-state index contributed by atoms with van der Waals surface area (Å²) >= 11 is 1.85. The van der Waals surface area contributed by atoms with Crippen LogP contribution in [-0.2, 0) is 0 Å². The first-order valence-corrected chi connectivity index (χ1v) is 7.39. The normalized spacial score (nSPS) is 15.5. The van der Waals surface area contributed by atoms with Gasteiger partial charge < -0.3 is 5.32 Å². The maximum atomic E-state index is 3.48. The van der Waals surface area contributed by atoms with E-state index in [4.69, 9.17) is 0 Å². The summed E-state index contributed by atoms with van der Waals surface area (Å²) in [5.41, 5.74) is 0. The monoisotopic (exact) mass is 254 g/mol. The van der Waals surface area contributed by atoms with Crippen LogP contribution in [0.15, 0.2) is 17.5 Å². The second-order valence-electron chi connectivity index (χ2n) is 5.10. The van der Waals surface area contributed by atoms with E-state index < -0.39 is 0 Å². The van der Waals surface area contributed by atoms with Crippen molar-refractivity contribution in [2.75, 3.05) is 13.6 Å². The molecule has 1 heterocycles. The van der Waals surface area contributed by atoms with Gasteiger partial charge in [0.1, 0.15) is 0 Å². The summed E-state index contributed by atoms with van der Waals surface area (Å²) < 4.78 is 0. The fourth-order valence-corrected chi connectivity index (χ4v) is 2.73. The lowest BCUT2D eigenvalue weighted by Gasteiger charge is -2.30. The van der Waals surface area contributed by atoms with Crippen LogP contribution in [0.25, 0.3) is 0 Å². The van der Waals surface area contributed by atoms with Crippen LogP contribution in [-0.4, -0.2) is 30.6 Å². The first-order chi connectivity index (χ1) is 8.02. The average Bonchev–Trinajstić information content (AvgIpc) is 2.79. The molecule has 2 nitrogen and oxygen atoms in total. The fraction of sp³-hybridized carbons (Fsp3) is 0.714. The van der Waals surface area contributed by atoms with Crippen LogP contribution in [0.3, 0.4) is 0 Å². The highest BCUT2D eigenvalue weighted by Gasteiger charge is 2.17. The third-order valence-electron chi connectivity index (χ3n) is 3.38. The molecule has 0 fully saturated rings. The number of nitrogens with zero attached hydrogens (tertiary/aromatic N) is 1. The SMILES string of the molecule is CC(C)NCCC(C)N(C)C(C)c1cccs1. The molecular weight excluding hydrogens is 228 g/mol. The van der Waals surface area contributed by atoms with Gasteiger partial charge in [-0.15, -0.1) is 11.3 Å². The zero-order valence-electron chi connectivity index (χ0n) is 11.7. The summed E-state index contributed by atoms with van der Waals surface area (Å²) in [4.78, 5) is 3.92. The molecule has 0 bridgehead atoms. The molecule has 17 heavy (non-hydrogen) atoms. The van der Waals surface area contributed by atoms with Gasteiger partial charge in [0, 0.05) is 23.0 Å². The van der Waals surface area contributed by atoms with E-state index >= 15 is 0 Å². The number of hydrogen-bond acceptors (Lipinski definition) is 3. The maximum Gasteiger partial charge on any atom is 0.0413 e. The van der Waals surface area contributed by atoms with Crippen molar-refractivity contribution in [1.29, 1.82) is 0 Å². The molecule has 0 amide bonds. The number of thiophene rings is 1. The molecular formula is C14H26N2S. The highest BCUT2D eigenvalue weighted by molar-refractivity contribution is 7.10. The molecule has 0 aromatic carbocycles. The smallest absolute Gasteiger partial charge is 0.0413 e. The van der Waals surface area contributed by atoms with Gasteiger partial charge in [0.2, 0.25) is 0 Å². The first-order valence-electron chi connectivity index (χ1n) is 6.51. The lowest BCUT2D eigenvalue weighted by atomic mass is 10.1. The van der Waals surface area contributed by atoms with Gasteiger partial charge >= 0.3 is 0 Å². The van der Waals surface area contributed by atoms with E-state index in [9.17, 15) is 0 Å². The molecule has 0 radical (unpaired) electrons. The van der Waals surface area contributed by atoms with E-state index in [1.54, 1.807) is 0 Å². The Hall–Kier alpha value is -0.380. The van der Waals surface area contributed by atoms with Crippen LogP contribution < -0.4 is 5.32 Å². The van der Waals surface area contributed by atoms with E-state index in [1.807, 2.05) is 11.3 Å². The topological polar surface area (TPSA) is 15.3 Å². The van der Waals surface area contributed by atoms with Crippen molar-refractivity contribution in [3.63, 3.8) is 0 Å². The van der Waals surface area contributed by atoms with Gasteiger partial charge in [0.25, 0.3) is 0 Å². The minimum Gasteiger partial charge on any atom is -0.314 e. The molecule has 1 aromatic heterocycles. The quantitative estimate of drug-likeness (QED) is 0.801. The summed E-state index contributed by atoms with van der Waals surface area (Å²) in [5.74, 6) is 0. The molecule has 1 rings (SSSR count). The number of rotatable bonds is 7. The van der Waals surface area contributed by atoms with Crippen LogP contribution in [0.1, 0.15) is 45.0 Å². The van der Waals surface area contributed by atoms with Crippen molar-refractivity contribution in [3.05, 3.63) is 22.4 Å². The van der Waals surface area contributed by atoms with E-state index in [0.29, 0.717) is 18.1 Å². The summed E-state index contributed by atoms with van der Waals surface area (Å²) in [6, 6.07) is 6.07. The molecule has 0 aliphatic heterocycles. The molecule has 0 aliphatic carbocycles. The second kappa shape index (κ2) is 7.14. The zero-order valence-corrected chi connectivity index (χ0v) is 12.6. The molecule has 3 heteroatoms. The van der Waals surface area contributed by atoms with E-state index in [1.165, 1.54) is 11.3 Å². The minimum absolute atomic E-state index is 0.518. The van der Waals surface area contributed by atoms with E-state index in [0.717, 1.165) is 6.54 Å². The number of nitrogens with one attached hydrogen (secondary N) is 1.